The zero-order valence-corrected chi connectivity index (χ0v) is 3.68. The molecule has 7 heteroatoms. The monoisotopic (exact) mass is 116 g/mol. The standard InChI is InChI=1S/CHN5O2/c7-6(8)5-1-2-3-4-5/h1H/p+1. The largest absolute Gasteiger partial charge is 0.257 e. The highest BCUT2D eigenvalue weighted by Crippen LogP contribution is 1.64. The van der Waals surface area contributed by atoms with Gasteiger partial charge in [0, 0.05) is 0 Å². The molecule has 1 aromatic heterocycles. The highest BCUT2D eigenvalue weighted by molar-refractivity contribution is 4.25. The Morgan fingerprint density at radius 1 is 1.88 bits per heavy atom. The summed E-state index contributed by atoms with van der Waals surface area (Å²) in [7, 11) is 0. The SMILES string of the molecule is O=[N+]([O-])n1cnn[nH+]1. The van der Waals surface area contributed by atoms with Gasteiger partial charge in [0.2, 0.25) is 5.03 Å². The summed E-state index contributed by atoms with van der Waals surface area (Å²) in [5.41, 5.74) is 0. The van der Waals surface area contributed by atoms with Crippen molar-refractivity contribution in [3.8, 4) is 0 Å². The summed E-state index contributed by atoms with van der Waals surface area (Å²) in [5, 5.41) is 17.3. The molecule has 0 fully saturated rings. The van der Waals surface area contributed by atoms with E-state index in [4.69, 9.17) is 0 Å². The van der Waals surface area contributed by atoms with Crippen molar-refractivity contribution in [2.45, 2.75) is 0 Å². The van der Waals surface area contributed by atoms with Crippen LogP contribution in [0.4, 0.5) is 0 Å². The quantitative estimate of drug-likeness (QED) is 0.317. The van der Waals surface area contributed by atoms with E-state index in [-0.39, 0.29) is 0 Å². The van der Waals surface area contributed by atoms with Crippen LogP contribution < -0.4 is 5.21 Å². The number of hydrogen-bond acceptors (Lipinski definition) is 4. The molecular weight excluding hydrogens is 114 g/mol. The molecule has 1 heterocycles. The van der Waals surface area contributed by atoms with Crippen LogP contribution in [-0.4, -0.2) is 20.1 Å². The molecule has 0 aromatic carbocycles. The lowest BCUT2D eigenvalue weighted by molar-refractivity contribution is -0.756. The maximum absolute atomic E-state index is 9.72. The van der Waals surface area contributed by atoms with Crippen LogP contribution in [0.15, 0.2) is 6.33 Å². The molecule has 0 saturated heterocycles. The zero-order chi connectivity index (χ0) is 5.98. The molecule has 0 atom stereocenters. The topological polar surface area (TPSA) is 88.0 Å². The average molecular weight is 116 g/mol. The minimum atomic E-state index is -0.681. The second-order valence-corrected chi connectivity index (χ2v) is 1.01. The van der Waals surface area contributed by atoms with E-state index in [0.29, 0.717) is 4.79 Å². The highest BCUT2D eigenvalue weighted by atomic mass is 16.7. The number of nitrogens with zero attached hydrogens (tertiary/aromatic N) is 4. The summed E-state index contributed by atoms with van der Waals surface area (Å²) in [6.07, 6.45) is 0.958. The molecular formula is CH2N5O2+. The van der Waals surface area contributed by atoms with Crippen LogP contribution in [0.1, 0.15) is 0 Å². The van der Waals surface area contributed by atoms with E-state index in [1.165, 1.54) is 0 Å². The molecule has 0 bridgehead atoms. The van der Waals surface area contributed by atoms with E-state index in [0.717, 1.165) is 6.33 Å². The molecule has 7 nitrogen and oxygen atoms in total. The molecule has 1 aromatic rings. The van der Waals surface area contributed by atoms with Gasteiger partial charge in [-0.15, -0.1) is 0 Å². The van der Waals surface area contributed by atoms with Crippen LogP contribution >= 0.6 is 0 Å². The lowest BCUT2D eigenvalue weighted by atomic mass is 11.4. The Kier molecular flexibility index (Phi) is 0.881. The van der Waals surface area contributed by atoms with E-state index in [1.807, 2.05) is 5.21 Å². The number of aromatic nitrogens is 4. The molecule has 1 rings (SSSR count). The molecule has 1 N–H and O–H groups in total. The predicted octanol–water partition coefficient (Wildman–Crippen LogP) is -1.87. The Morgan fingerprint density at radius 3 is 2.88 bits per heavy atom. The minimum Gasteiger partial charge on any atom is -0.230 e. The smallest absolute Gasteiger partial charge is 0.230 e. The maximum atomic E-state index is 9.72. The molecule has 0 saturated carbocycles. The maximum Gasteiger partial charge on any atom is 0.257 e. The van der Waals surface area contributed by atoms with E-state index in [2.05, 4.69) is 10.3 Å². The van der Waals surface area contributed by atoms with Gasteiger partial charge >= 0.3 is 0 Å². The number of nitro groups is 1. The van der Waals surface area contributed by atoms with Gasteiger partial charge in [-0.2, -0.15) is 0 Å². The van der Waals surface area contributed by atoms with Crippen LogP contribution in [-0.2, 0) is 0 Å². The van der Waals surface area contributed by atoms with Gasteiger partial charge in [0.05, 0.1) is 5.21 Å². The molecule has 0 spiro atoms. The van der Waals surface area contributed by atoms with Crippen molar-refractivity contribution in [2.24, 2.45) is 0 Å². The summed E-state index contributed by atoms with van der Waals surface area (Å²) >= 11 is 0. The Hall–Kier alpha value is -1.53. The molecule has 8 heavy (non-hydrogen) atoms. The fourth-order valence-corrected chi connectivity index (χ4v) is 0.251. The summed E-state index contributed by atoms with van der Waals surface area (Å²) < 4.78 is 0. The Labute approximate surface area is 43.0 Å². The number of rotatable bonds is 1. The normalized spacial score (nSPS) is 9.00. The third-order valence-corrected chi connectivity index (χ3v) is 0.542. The molecule has 0 aliphatic carbocycles. The van der Waals surface area contributed by atoms with Crippen molar-refractivity contribution in [3.63, 3.8) is 0 Å². The van der Waals surface area contributed by atoms with Crippen molar-refractivity contribution in [3.05, 3.63) is 16.4 Å². The van der Waals surface area contributed by atoms with Gasteiger partial charge in [-0.3, -0.25) is 0 Å². The number of H-pyrrole nitrogens is 1. The zero-order valence-electron chi connectivity index (χ0n) is 3.68. The molecule has 0 amide bonds. The van der Waals surface area contributed by atoms with Crippen LogP contribution in [0.3, 0.4) is 0 Å². The first kappa shape index (κ1) is 4.62. The first-order chi connectivity index (χ1) is 3.80. The summed E-state index contributed by atoms with van der Waals surface area (Å²) in [4.78, 5) is 10.3. The molecule has 0 unspecified atom stereocenters. The van der Waals surface area contributed by atoms with Crippen LogP contribution in [0, 0.1) is 10.1 Å². The molecule has 0 aliphatic rings. The number of nitrogens with one attached hydrogen (secondary N) is 1. The van der Waals surface area contributed by atoms with Gasteiger partial charge in [-0.1, -0.05) is 5.10 Å². The van der Waals surface area contributed by atoms with Crippen molar-refractivity contribution in [1.29, 1.82) is 0 Å². The number of tetrazole rings is 1. The predicted molar refractivity (Wildman–Crippen MR) is 19.0 cm³/mol. The fraction of sp³-hybridized carbons (Fsp3) is 0. The van der Waals surface area contributed by atoms with Crippen molar-refractivity contribution < 1.29 is 10.2 Å². The van der Waals surface area contributed by atoms with E-state index >= 15 is 0 Å². The second kappa shape index (κ2) is 1.52. The van der Waals surface area contributed by atoms with Crippen molar-refractivity contribution in [2.75, 3.05) is 0 Å². The number of hydrogen-bond donors (Lipinski definition) is 0. The molecule has 0 aliphatic heterocycles. The lowest BCUT2D eigenvalue weighted by Crippen LogP contribution is -2.25. The highest BCUT2D eigenvalue weighted by Gasteiger charge is 2.05. The van der Waals surface area contributed by atoms with Crippen LogP contribution in [0.25, 0.3) is 0 Å². The third kappa shape index (κ3) is 0.600. The molecule has 0 radical (unpaired) electrons. The average Bonchev–Trinajstić information content (AvgIpc) is 2.12. The Bertz CT molecular complexity index is 178. The minimum absolute atomic E-state index is 0.542. The van der Waals surface area contributed by atoms with Gasteiger partial charge in [0.25, 0.3) is 6.33 Å². The summed E-state index contributed by atoms with van der Waals surface area (Å²) in [6, 6.07) is 0. The van der Waals surface area contributed by atoms with Gasteiger partial charge in [0.15, 0.2) is 4.79 Å². The van der Waals surface area contributed by atoms with Crippen LogP contribution in [0.5, 0.6) is 0 Å². The fourth-order valence-electron chi connectivity index (χ4n) is 0.251. The van der Waals surface area contributed by atoms with E-state index in [1.54, 1.807) is 0 Å². The number of aromatic amines is 1. The van der Waals surface area contributed by atoms with Gasteiger partial charge < -0.3 is 0 Å². The summed E-state index contributed by atoms with van der Waals surface area (Å²) in [5.74, 6) is 0. The van der Waals surface area contributed by atoms with Gasteiger partial charge in [-0.05, 0) is 0 Å². The van der Waals surface area contributed by atoms with Crippen molar-refractivity contribution >= 4 is 0 Å². The summed E-state index contributed by atoms with van der Waals surface area (Å²) in [6.45, 7) is 0. The van der Waals surface area contributed by atoms with Crippen LogP contribution in [0.2, 0.25) is 0 Å². The first-order valence-electron chi connectivity index (χ1n) is 1.73. The van der Waals surface area contributed by atoms with Gasteiger partial charge in [-0.25, -0.2) is 10.1 Å². The van der Waals surface area contributed by atoms with E-state index < -0.39 is 5.03 Å². The third-order valence-electron chi connectivity index (χ3n) is 0.542. The van der Waals surface area contributed by atoms with Crippen molar-refractivity contribution in [1.82, 2.24) is 15.1 Å². The molecule has 42 valence electrons. The van der Waals surface area contributed by atoms with Gasteiger partial charge in [0.1, 0.15) is 5.21 Å². The van der Waals surface area contributed by atoms with E-state index in [9.17, 15) is 10.1 Å². The lowest BCUT2D eigenvalue weighted by Gasteiger charge is -1.72. The Balaban J connectivity index is 2.93. The first-order valence-corrected chi connectivity index (χ1v) is 1.73. The Morgan fingerprint density at radius 2 is 2.62 bits per heavy atom. The second-order valence-electron chi connectivity index (χ2n) is 1.01.